The Bertz CT molecular complexity index is 1220. The van der Waals surface area contributed by atoms with Crippen molar-refractivity contribution in [1.82, 2.24) is 14.4 Å². The number of aromatic nitrogens is 1. The summed E-state index contributed by atoms with van der Waals surface area (Å²) in [5.74, 6) is -0.834. The molecule has 1 N–H and O–H groups in total. The topological polar surface area (TPSA) is 82.8 Å². The van der Waals surface area contributed by atoms with Crippen LogP contribution in [0.1, 0.15) is 48.7 Å². The number of carbonyl (C=O) groups is 2. The summed E-state index contributed by atoms with van der Waals surface area (Å²) in [6, 6.07) is 10.7. The number of aliphatic hydroxyl groups excluding tert-OH is 1. The van der Waals surface area contributed by atoms with Gasteiger partial charge in [0, 0.05) is 55.8 Å². The molecule has 0 unspecified atom stereocenters. The molecule has 2 aromatic rings. The third-order valence-electron chi connectivity index (χ3n) is 7.74. The molecule has 0 spiro atoms. The number of likely N-dealkylation sites (tertiary alicyclic amines) is 1. The summed E-state index contributed by atoms with van der Waals surface area (Å²) in [5, 5.41) is 10.4. The van der Waals surface area contributed by atoms with Crippen molar-refractivity contribution >= 4 is 17.9 Å². The van der Waals surface area contributed by atoms with Gasteiger partial charge in [-0.05, 0) is 36.6 Å². The fraction of sp³-hybridized carbons (Fsp3) is 0.444. The highest BCUT2D eigenvalue weighted by atomic mass is 16.3. The maximum absolute atomic E-state index is 13.9. The van der Waals surface area contributed by atoms with E-state index in [-0.39, 0.29) is 42.4 Å². The number of hydrogen-bond donors (Lipinski definition) is 1. The van der Waals surface area contributed by atoms with E-state index in [2.05, 4.69) is 6.07 Å². The predicted octanol–water partition coefficient (Wildman–Crippen LogP) is 2.37. The average molecular weight is 462 g/mol. The Balaban J connectivity index is 1.53. The fourth-order valence-corrected chi connectivity index (χ4v) is 6.13. The number of pyridine rings is 1. The number of carbonyl (C=O) groups excluding carboxylic acids is 2. The minimum absolute atomic E-state index is 0.0962. The van der Waals surface area contributed by atoms with Crippen molar-refractivity contribution in [3.63, 3.8) is 0 Å². The molecule has 0 bridgehead atoms. The van der Waals surface area contributed by atoms with Gasteiger partial charge in [-0.15, -0.1) is 0 Å². The smallest absolute Gasteiger partial charge is 0.258 e. The highest BCUT2D eigenvalue weighted by Crippen LogP contribution is 2.50. The summed E-state index contributed by atoms with van der Waals surface area (Å²) in [4.78, 5) is 43.7. The third-order valence-corrected chi connectivity index (χ3v) is 7.74. The van der Waals surface area contributed by atoms with Crippen molar-refractivity contribution in [3.8, 4) is 0 Å². The summed E-state index contributed by atoms with van der Waals surface area (Å²) in [5.41, 5.74) is 3.63. The molecule has 5 rings (SSSR count). The van der Waals surface area contributed by atoms with Crippen LogP contribution in [-0.2, 0) is 29.1 Å². The summed E-state index contributed by atoms with van der Waals surface area (Å²) >= 11 is 0. The first-order valence-electron chi connectivity index (χ1n) is 12.1. The van der Waals surface area contributed by atoms with Crippen LogP contribution >= 0.6 is 0 Å². The molecule has 0 aliphatic carbocycles. The lowest BCUT2D eigenvalue weighted by atomic mass is 9.87. The van der Waals surface area contributed by atoms with Crippen LogP contribution in [-0.4, -0.2) is 50.5 Å². The second-order valence-electron chi connectivity index (χ2n) is 9.46. The van der Waals surface area contributed by atoms with Gasteiger partial charge in [0.05, 0.1) is 6.04 Å². The van der Waals surface area contributed by atoms with Gasteiger partial charge in [0.25, 0.3) is 5.56 Å². The van der Waals surface area contributed by atoms with Gasteiger partial charge in [0.2, 0.25) is 11.8 Å². The van der Waals surface area contributed by atoms with E-state index in [1.165, 1.54) is 5.56 Å². The Morgan fingerprint density at radius 2 is 1.91 bits per heavy atom. The number of fused-ring (bicyclic) bond motifs is 4. The molecule has 1 aromatic carbocycles. The summed E-state index contributed by atoms with van der Waals surface area (Å²) in [6.07, 6.45) is 4.64. The van der Waals surface area contributed by atoms with Crippen molar-refractivity contribution in [3.05, 3.63) is 75.2 Å². The highest BCUT2D eigenvalue weighted by molar-refractivity contribution is 5.89. The second-order valence-corrected chi connectivity index (χ2v) is 9.46. The van der Waals surface area contributed by atoms with Crippen molar-refractivity contribution < 1.29 is 14.7 Å². The van der Waals surface area contributed by atoms with Crippen LogP contribution in [0.25, 0.3) is 6.08 Å². The largest absolute Gasteiger partial charge is 0.396 e. The first kappa shape index (κ1) is 22.6. The molecule has 178 valence electrons. The molecule has 2 amide bonds. The molecule has 3 aliphatic heterocycles. The number of hydrogen-bond acceptors (Lipinski definition) is 4. The molecule has 1 aromatic heterocycles. The van der Waals surface area contributed by atoms with Gasteiger partial charge >= 0.3 is 0 Å². The van der Waals surface area contributed by atoms with E-state index < -0.39 is 12.0 Å². The van der Waals surface area contributed by atoms with Crippen LogP contribution in [0.15, 0.2) is 47.3 Å². The van der Waals surface area contributed by atoms with Gasteiger partial charge in [-0.1, -0.05) is 43.3 Å². The van der Waals surface area contributed by atoms with Gasteiger partial charge in [0.1, 0.15) is 6.04 Å². The van der Waals surface area contributed by atoms with Crippen molar-refractivity contribution in [1.29, 1.82) is 0 Å². The normalized spacial score (nSPS) is 25.4. The van der Waals surface area contributed by atoms with Crippen LogP contribution < -0.4 is 5.56 Å². The average Bonchev–Trinajstić information content (AvgIpc) is 3.39. The fourth-order valence-electron chi connectivity index (χ4n) is 6.13. The van der Waals surface area contributed by atoms with Crippen molar-refractivity contribution in [2.45, 2.75) is 51.9 Å². The Morgan fingerprint density at radius 3 is 2.62 bits per heavy atom. The zero-order chi connectivity index (χ0) is 24.0. The van der Waals surface area contributed by atoms with Crippen LogP contribution in [0.3, 0.4) is 0 Å². The first-order chi connectivity index (χ1) is 16.5. The molecule has 7 nitrogen and oxygen atoms in total. The van der Waals surface area contributed by atoms with E-state index in [0.29, 0.717) is 25.2 Å². The number of rotatable bonds is 4. The Labute approximate surface area is 199 Å². The Morgan fingerprint density at radius 1 is 1.15 bits per heavy atom. The molecular formula is C27H31N3O4. The van der Waals surface area contributed by atoms with Crippen LogP contribution in [0.5, 0.6) is 0 Å². The molecule has 4 heterocycles. The standard InChI is InChI=1S/C27H31N3O4/c1-3-7-18-10-11-22-24-20(15-29(22)26(18)33)21(16-31)25(30(24)23(32)4-2)27(34)28-13-12-17-8-5-6-9-19(17)14-28/h3,5-11,20-21,24-25,31H,4,12-16H2,1-2H3/b7-3+/t20-,21-,24+,25-/m1/s1. The lowest BCUT2D eigenvalue weighted by molar-refractivity contribution is -0.147. The van der Waals surface area contributed by atoms with Gasteiger partial charge < -0.3 is 19.5 Å². The van der Waals surface area contributed by atoms with Gasteiger partial charge in [-0.25, -0.2) is 0 Å². The number of benzene rings is 1. The minimum Gasteiger partial charge on any atom is -0.396 e. The molecule has 1 saturated heterocycles. The van der Waals surface area contributed by atoms with E-state index >= 15 is 0 Å². The highest BCUT2D eigenvalue weighted by Gasteiger charge is 2.57. The summed E-state index contributed by atoms with van der Waals surface area (Å²) in [7, 11) is 0. The molecule has 4 atom stereocenters. The van der Waals surface area contributed by atoms with E-state index in [9.17, 15) is 19.5 Å². The monoisotopic (exact) mass is 461 g/mol. The molecule has 3 aliphatic rings. The molecule has 0 radical (unpaired) electrons. The Kier molecular flexibility index (Phi) is 5.90. The molecular weight excluding hydrogens is 430 g/mol. The lowest BCUT2D eigenvalue weighted by Crippen LogP contribution is -2.52. The predicted molar refractivity (Wildman–Crippen MR) is 129 cm³/mol. The van der Waals surface area contributed by atoms with E-state index in [0.717, 1.165) is 17.7 Å². The molecule has 34 heavy (non-hydrogen) atoms. The SMILES string of the molecule is C/C=C/c1ccc2n(c1=O)C[C@@H]1[C@@H](CO)[C@H](C(=O)N3CCc4ccccc4C3)N(C(=O)CC)[C@H]21. The molecule has 1 fully saturated rings. The summed E-state index contributed by atoms with van der Waals surface area (Å²) < 4.78 is 1.72. The third kappa shape index (κ3) is 3.41. The van der Waals surface area contributed by atoms with Gasteiger partial charge in [0.15, 0.2) is 0 Å². The number of nitrogens with zero attached hydrogens (tertiary/aromatic N) is 3. The van der Waals surface area contributed by atoms with E-state index in [4.69, 9.17) is 0 Å². The maximum Gasteiger partial charge on any atom is 0.258 e. The summed E-state index contributed by atoms with van der Waals surface area (Å²) in [6.45, 7) is 4.95. The number of amides is 2. The van der Waals surface area contributed by atoms with Crippen LogP contribution in [0, 0.1) is 11.8 Å². The first-order valence-corrected chi connectivity index (χ1v) is 12.1. The minimum atomic E-state index is -0.725. The maximum atomic E-state index is 13.9. The van der Waals surface area contributed by atoms with Crippen LogP contribution in [0.2, 0.25) is 0 Å². The van der Waals surface area contributed by atoms with Gasteiger partial charge in [-0.3, -0.25) is 14.4 Å². The molecule has 7 heteroatoms. The van der Waals surface area contributed by atoms with Gasteiger partial charge in [-0.2, -0.15) is 0 Å². The number of allylic oxidation sites excluding steroid dienone is 1. The quantitative estimate of drug-likeness (QED) is 0.758. The van der Waals surface area contributed by atoms with Crippen molar-refractivity contribution in [2.75, 3.05) is 13.2 Å². The Hall–Kier alpha value is -3.19. The second kappa shape index (κ2) is 8.87. The molecule has 0 saturated carbocycles. The van der Waals surface area contributed by atoms with Crippen molar-refractivity contribution in [2.24, 2.45) is 11.8 Å². The zero-order valence-corrected chi connectivity index (χ0v) is 19.7. The zero-order valence-electron chi connectivity index (χ0n) is 19.7. The van der Waals surface area contributed by atoms with E-state index in [1.54, 1.807) is 28.5 Å². The lowest BCUT2D eigenvalue weighted by Gasteiger charge is -2.36. The number of aliphatic hydroxyl groups is 1. The van der Waals surface area contributed by atoms with E-state index in [1.807, 2.05) is 42.2 Å². The van der Waals surface area contributed by atoms with Crippen LogP contribution in [0.4, 0.5) is 0 Å².